The highest BCUT2D eigenvalue weighted by molar-refractivity contribution is 6.47. The van der Waals surface area contributed by atoms with Crippen molar-refractivity contribution in [2.45, 2.75) is 52.8 Å². The maximum Gasteiger partial charge on any atom is 0.547 e. The Morgan fingerprint density at radius 1 is 1.43 bits per heavy atom. The molecule has 1 aromatic carbocycles. The van der Waals surface area contributed by atoms with Gasteiger partial charge in [0, 0.05) is 17.0 Å². The van der Waals surface area contributed by atoms with Crippen LogP contribution in [0.4, 0.5) is 0 Å². The smallest absolute Gasteiger partial charge is 0.534 e. The molecule has 154 valence electrons. The van der Waals surface area contributed by atoms with Gasteiger partial charge in [-0.1, -0.05) is 18.5 Å². The number of halogens is 1. The Morgan fingerprint density at radius 3 is 2.71 bits per heavy atom. The molecule has 0 saturated heterocycles. The number of aliphatic hydroxyl groups excluding tert-OH is 1. The lowest BCUT2D eigenvalue weighted by molar-refractivity contribution is -0.193. The van der Waals surface area contributed by atoms with Crippen molar-refractivity contribution in [3.63, 3.8) is 0 Å². The van der Waals surface area contributed by atoms with Gasteiger partial charge in [-0.25, -0.2) is 0 Å². The second kappa shape index (κ2) is 9.13. The van der Waals surface area contributed by atoms with Gasteiger partial charge in [0.05, 0.1) is 11.4 Å². The number of hydrogen-bond donors (Lipinski definition) is 3. The van der Waals surface area contributed by atoms with Gasteiger partial charge in [-0.2, -0.15) is 0 Å². The molecule has 1 heterocycles. The molecule has 10 heteroatoms. The van der Waals surface area contributed by atoms with Gasteiger partial charge in [-0.3, -0.25) is 9.59 Å². The first-order valence-electron chi connectivity index (χ1n) is 8.96. The summed E-state index contributed by atoms with van der Waals surface area (Å²) in [5.41, 5.74) is 0.0893. The third-order valence-corrected chi connectivity index (χ3v) is 4.36. The van der Waals surface area contributed by atoms with Gasteiger partial charge in [0.2, 0.25) is 5.91 Å². The molecule has 0 aliphatic carbocycles. The van der Waals surface area contributed by atoms with Crippen molar-refractivity contribution in [3.05, 3.63) is 28.3 Å². The van der Waals surface area contributed by atoms with Gasteiger partial charge >= 0.3 is 13.1 Å². The number of fused-ring (bicyclic) bond motifs is 1. The number of esters is 1. The molecule has 8 nitrogen and oxygen atoms in total. The number of benzene rings is 1. The van der Waals surface area contributed by atoms with E-state index < -0.39 is 37.5 Å². The van der Waals surface area contributed by atoms with Crippen LogP contribution < -0.4 is 9.97 Å². The predicted octanol–water partition coefficient (Wildman–Crippen LogP) is 1.74. The van der Waals surface area contributed by atoms with Crippen LogP contribution in [0.3, 0.4) is 0 Å². The SMILES string of the molecule is CCC(=O)N[C@H]1Cc2cc(Cl)cc(C(O)OCOC(=O)C(C)(C)C)c2OB1O. The number of hydrogen-bond acceptors (Lipinski definition) is 7. The maximum atomic E-state index is 11.8. The van der Waals surface area contributed by atoms with Gasteiger partial charge in [0.25, 0.3) is 0 Å². The normalized spacial score (nSPS) is 17.4. The highest BCUT2D eigenvalue weighted by Gasteiger charge is 2.38. The molecule has 0 bridgehead atoms. The molecule has 1 aliphatic rings. The van der Waals surface area contributed by atoms with Crippen molar-refractivity contribution in [1.29, 1.82) is 0 Å². The largest absolute Gasteiger partial charge is 0.547 e. The standard InChI is InChI=1S/C18H25BClNO7/c1-5-14(22)21-13-7-10-6-11(20)8-12(15(10)28-19(13)25)16(23)26-9-27-17(24)18(2,3)4/h6,8,13,16,23,25H,5,7,9H2,1-4H3,(H,21,22)/t13-,16?/m0/s1. The van der Waals surface area contributed by atoms with E-state index in [9.17, 15) is 19.7 Å². The van der Waals surface area contributed by atoms with E-state index in [4.69, 9.17) is 25.7 Å². The van der Waals surface area contributed by atoms with Crippen LogP contribution in [0.15, 0.2) is 12.1 Å². The molecule has 0 aromatic heterocycles. The van der Waals surface area contributed by atoms with E-state index in [1.165, 1.54) is 6.07 Å². The van der Waals surface area contributed by atoms with Gasteiger partial charge in [0.1, 0.15) is 5.75 Å². The number of ether oxygens (including phenoxy) is 2. The molecule has 1 aliphatic heterocycles. The summed E-state index contributed by atoms with van der Waals surface area (Å²) in [7, 11) is -1.30. The summed E-state index contributed by atoms with van der Waals surface area (Å²) in [5.74, 6) is -1.12. The first-order valence-corrected chi connectivity index (χ1v) is 9.34. The number of amides is 1. The summed E-state index contributed by atoms with van der Waals surface area (Å²) < 4.78 is 15.7. The van der Waals surface area contributed by atoms with Crippen LogP contribution in [0.2, 0.25) is 5.02 Å². The molecule has 0 radical (unpaired) electrons. The predicted molar refractivity (Wildman–Crippen MR) is 102 cm³/mol. The Hall–Kier alpha value is -1.81. The summed E-state index contributed by atoms with van der Waals surface area (Å²) in [4.78, 5) is 23.4. The number of carbonyl (C=O) groups excluding carboxylic acids is 2. The fourth-order valence-electron chi connectivity index (χ4n) is 2.58. The second-order valence-corrected chi connectivity index (χ2v) is 7.98. The average molecular weight is 414 g/mol. The molecule has 0 fully saturated rings. The van der Waals surface area contributed by atoms with Crippen LogP contribution >= 0.6 is 11.6 Å². The Bertz CT molecular complexity index is 737. The topological polar surface area (TPSA) is 114 Å². The lowest BCUT2D eigenvalue weighted by Gasteiger charge is -2.30. The average Bonchev–Trinajstić information content (AvgIpc) is 2.60. The zero-order valence-electron chi connectivity index (χ0n) is 16.3. The zero-order chi connectivity index (χ0) is 21.1. The van der Waals surface area contributed by atoms with Gasteiger partial charge in [-0.15, -0.1) is 0 Å². The lowest BCUT2D eigenvalue weighted by Crippen LogP contribution is -2.53. The number of carbonyl (C=O) groups is 2. The van der Waals surface area contributed by atoms with E-state index in [-0.39, 0.29) is 30.1 Å². The Labute approximate surface area is 169 Å². The highest BCUT2D eigenvalue weighted by Crippen LogP contribution is 2.37. The first-order chi connectivity index (χ1) is 13.0. The summed E-state index contributed by atoms with van der Waals surface area (Å²) in [5, 5.41) is 23.6. The van der Waals surface area contributed by atoms with Gasteiger partial charge in [-0.05, 0) is 44.9 Å². The lowest BCUT2D eigenvalue weighted by atomic mass is 9.72. The van der Waals surface area contributed by atoms with Gasteiger partial charge < -0.3 is 29.6 Å². The highest BCUT2D eigenvalue weighted by atomic mass is 35.5. The van der Waals surface area contributed by atoms with Crippen LogP contribution in [0, 0.1) is 5.41 Å². The van der Waals surface area contributed by atoms with Crippen molar-refractivity contribution in [2.24, 2.45) is 5.41 Å². The van der Waals surface area contributed by atoms with Crippen molar-refractivity contribution < 1.29 is 33.8 Å². The van der Waals surface area contributed by atoms with Crippen LogP contribution in [0.5, 0.6) is 5.75 Å². The monoisotopic (exact) mass is 413 g/mol. The van der Waals surface area contributed by atoms with E-state index in [1.807, 2.05) is 0 Å². The third-order valence-electron chi connectivity index (χ3n) is 4.14. The molecule has 1 amide bonds. The van der Waals surface area contributed by atoms with Crippen molar-refractivity contribution in [3.8, 4) is 5.75 Å². The second-order valence-electron chi connectivity index (χ2n) is 7.54. The molecule has 3 N–H and O–H groups in total. The third kappa shape index (κ3) is 5.60. The molecule has 0 saturated carbocycles. The van der Waals surface area contributed by atoms with Crippen molar-refractivity contribution >= 4 is 30.6 Å². The van der Waals surface area contributed by atoms with E-state index in [0.717, 1.165) is 0 Å². The fourth-order valence-corrected chi connectivity index (χ4v) is 2.83. The first kappa shape index (κ1) is 22.5. The van der Waals surface area contributed by atoms with Crippen LogP contribution in [0.25, 0.3) is 0 Å². The number of aliphatic hydroxyl groups is 1. The van der Waals surface area contributed by atoms with E-state index in [1.54, 1.807) is 33.8 Å². The molecule has 1 unspecified atom stereocenters. The van der Waals surface area contributed by atoms with Crippen molar-refractivity contribution in [2.75, 3.05) is 6.79 Å². The quantitative estimate of drug-likeness (QED) is 0.370. The molecule has 2 rings (SSSR count). The van der Waals surface area contributed by atoms with E-state index in [0.29, 0.717) is 10.6 Å². The Balaban J connectivity index is 2.12. The molecule has 2 atom stereocenters. The van der Waals surface area contributed by atoms with E-state index in [2.05, 4.69) is 5.32 Å². The Kier molecular flexibility index (Phi) is 7.33. The summed E-state index contributed by atoms with van der Waals surface area (Å²) >= 11 is 6.13. The van der Waals surface area contributed by atoms with Gasteiger partial charge in [0.15, 0.2) is 13.1 Å². The minimum absolute atomic E-state index is 0.189. The van der Waals surface area contributed by atoms with Crippen LogP contribution in [-0.4, -0.2) is 41.9 Å². The molecule has 0 spiro atoms. The molecular formula is C18H25BClNO7. The number of rotatable bonds is 6. The maximum absolute atomic E-state index is 11.8. The Morgan fingerprint density at radius 2 is 2.11 bits per heavy atom. The molecule has 1 aromatic rings. The van der Waals surface area contributed by atoms with Crippen molar-refractivity contribution in [1.82, 2.24) is 5.32 Å². The summed E-state index contributed by atoms with van der Waals surface area (Å²) in [6, 6.07) is 3.07. The summed E-state index contributed by atoms with van der Waals surface area (Å²) in [6.07, 6.45) is -0.952. The number of nitrogens with one attached hydrogen (secondary N) is 1. The minimum Gasteiger partial charge on any atom is -0.534 e. The minimum atomic E-state index is -1.49. The molecular weight excluding hydrogens is 388 g/mol. The summed E-state index contributed by atoms with van der Waals surface area (Å²) in [6.45, 7) is 6.33. The molecule has 28 heavy (non-hydrogen) atoms. The van der Waals surface area contributed by atoms with Crippen LogP contribution in [-0.2, 0) is 25.5 Å². The van der Waals surface area contributed by atoms with Crippen LogP contribution in [0.1, 0.15) is 51.5 Å². The van der Waals surface area contributed by atoms with E-state index >= 15 is 0 Å². The zero-order valence-corrected chi connectivity index (χ0v) is 17.1. The fraction of sp³-hybridized carbons (Fsp3) is 0.556.